The van der Waals surface area contributed by atoms with Crippen LogP contribution in [-0.4, -0.2) is 21.8 Å². The molecule has 1 aromatic heterocycles. The molecule has 0 spiro atoms. The van der Waals surface area contributed by atoms with Gasteiger partial charge in [-0.25, -0.2) is 5.43 Å². The van der Waals surface area contributed by atoms with E-state index in [1.54, 1.807) is 30.5 Å². The average Bonchev–Trinajstić information content (AvgIpc) is 2.96. The number of amides is 1. The van der Waals surface area contributed by atoms with Crippen molar-refractivity contribution < 1.29 is 9.90 Å². The summed E-state index contributed by atoms with van der Waals surface area (Å²) in [5.41, 5.74) is 8.24. The molecule has 27 heavy (non-hydrogen) atoms. The van der Waals surface area contributed by atoms with Crippen molar-refractivity contribution in [1.82, 2.24) is 9.99 Å². The molecule has 2 N–H and O–H groups in total. The monoisotopic (exact) mass is 361 g/mol. The van der Waals surface area contributed by atoms with Crippen molar-refractivity contribution in [3.8, 4) is 5.69 Å². The van der Waals surface area contributed by atoms with Gasteiger partial charge in [0.05, 0.1) is 6.21 Å². The molecular weight excluding hydrogens is 338 g/mol. The standard InChI is InChI=1S/C22H23N3O2/c1-15-9-11-20(12-10-15)25-16(2)13-19(17(25)3)14-23-24-22(27)21(26)18-7-5-4-6-8-18/h4-14,21,26H,1-3H3,(H,24,27)/b23-14-/t21-/m0/s1. The molecule has 138 valence electrons. The number of carbonyl (C=O) groups is 1. The zero-order valence-corrected chi connectivity index (χ0v) is 15.7. The molecule has 0 saturated carbocycles. The van der Waals surface area contributed by atoms with E-state index in [2.05, 4.69) is 46.3 Å². The number of nitrogens with zero attached hydrogens (tertiary/aromatic N) is 2. The highest BCUT2D eigenvalue weighted by Gasteiger charge is 2.16. The lowest BCUT2D eigenvalue weighted by molar-refractivity contribution is -0.129. The van der Waals surface area contributed by atoms with Gasteiger partial charge in [-0.05, 0) is 44.5 Å². The number of nitrogens with one attached hydrogen (secondary N) is 1. The Labute approximate surface area is 159 Å². The first kappa shape index (κ1) is 18.6. The molecule has 5 heteroatoms. The van der Waals surface area contributed by atoms with E-state index in [1.807, 2.05) is 26.0 Å². The lowest BCUT2D eigenvalue weighted by Gasteiger charge is -2.10. The van der Waals surface area contributed by atoms with E-state index in [0.29, 0.717) is 5.56 Å². The van der Waals surface area contributed by atoms with E-state index < -0.39 is 12.0 Å². The topological polar surface area (TPSA) is 66.6 Å². The first-order chi connectivity index (χ1) is 13.0. The van der Waals surface area contributed by atoms with E-state index in [-0.39, 0.29) is 0 Å². The highest BCUT2D eigenvalue weighted by Crippen LogP contribution is 2.20. The maximum absolute atomic E-state index is 12.1. The summed E-state index contributed by atoms with van der Waals surface area (Å²) in [6.07, 6.45) is 0.353. The third-order valence-corrected chi connectivity index (χ3v) is 4.50. The van der Waals surface area contributed by atoms with E-state index in [9.17, 15) is 9.90 Å². The second-order valence-electron chi connectivity index (χ2n) is 6.54. The van der Waals surface area contributed by atoms with Crippen LogP contribution in [-0.2, 0) is 4.79 Å². The van der Waals surface area contributed by atoms with Gasteiger partial charge in [-0.3, -0.25) is 4.79 Å². The molecular formula is C22H23N3O2. The van der Waals surface area contributed by atoms with E-state index >= 15 is 0 Å². The number of rotatable bonds is 5. The number of hydrogen-bond acceptors (Lipinski definition) is 3. The third-order valence-electron chi connectivity index (χ3n) is 4.50. The maximum Gasteiger partial charge on any atom is 0.273 e. The van der Waals surface area contributed by atoms with E-state index in [1.165, 1.54) is 5.56 Å². The van der Waals surface area contributed by atoms with Gasteiger partial charge in [0.15, 0.2) is 6.10 Å². The van der Waals surface area contributed by atoms with Crippen molar-refractivity contribution in [3.63, 3.8) is 0 Å². The van der Waals surface area contributed by atoms with Gasteiger partial charge in [-0.15, -0.1) is 0 Å². The van der Waals surface area contributed by atoms with Crippen LogP contribution in [0.4, 0.5) is 0 Å². The Balaban J connectivity index is 1.73. The highest BCUT2D eigenvalue weighted by molar-refractivity contribution is 5.86. The fourth-order valence-electron chi connectivity index (χ4n) is 3.02. The first-order valence-corrected chi connectivity index (χ1v) is 8.79. The molecule has 5 nitrogen and oxygen atoms in total. The summed E-state index contributed by atoms with van der Waals surface area (Å²) in [6.45, 7) is 6.10. The molecule has 0 aliphatic rings. The summed E-state index contributed by atoms with van der Waals surface area (Å²) in [7, 11) is 0. The van der Waals surface area contributed by atoms with Crippen molar-refractivity contribution in [2.45, 2.75) is 26.9 Å². The highest BCUT2D eigenvalue weighted by atomic mass is 16.3. The minimum absolute atomic E-state index is 0.530. The molecule has 2 aromatic carbocycles. The Morgan fingerprint density at radius 1 is 1.07 bits per heavy atom. The zero-order chi connectivity index (χ0) is 19.4. The number of hydrogen-bond donors (Lipinski definition) is 2. The zero-order valence-electron chi connectivity index (χ0n) is 15.7. The normalized spacial score (nSPS) is 12.3. The number of aliphatic hydroxyl groups is 1. The van der Waals surface area contributed by atoms with Crippen molar-refractivity contribution in [2.24, 2.45) is 5.10 Å². The van der Waals surface area contributed by atoms with Crippen LogP contribution in [0.3, 0.4) is 0 Å². The maximum atomic E-state index is 12.1. The van der Waals surface area contributed by atoms with Crippen LogP contribution in [0.2, 0.25) is 0 Å². The van der Waals surface area contributed by atoms with Gasteiger partial charge in [0.25, 0.3) is 5.91 Å². The second kappa shape index (κ2) is 8.01. The average molecular weight is 361 g/mol. The van der Waals surface area contributed by atoms with Gasteiger partial charge in [0.1, 0.15) is 0 Å². The summed E-state index contributed by atoms with van der Waals surface area (Å²) in [5, 5.41) is 14.1. The second-order valence-corrected chi connectivity index (χ2v) is 6.54. The van der Waals surface area contributed by atoms with Gasteiger partial charge in [0.2, 0.25) is 0 Å². The molecule has 0 unspecified atom stereocenters. The van der Waals surface area contributed by atoms with E-state index in [0.717, 1.165) is 22.6 Å². The van der Waals surface area contributed by atoms with Crippen LogP contribution in [0.1, 0.15) is 34.2 Å². The lowest BCUT2D eigenvalue weighted by Crippen LogP contribution is -2.25. The van der Waals surface area contributed by atoms with Crippen LogP contribution >= 0.6 is 0 Å². The number of carbonyl (C=O) groups excluding carboxylic acids is 1. The van der Waals surface area contributed by atoms with Crippen LogP contribution in [0.25, 0.3) is 5.69 Å². The van der Waals surface area contributed by atoms with Crippen molar-refractivity contribution in [3.05, 3.63) is 88.7 Å². The predicted octanol–water partition coefficient (Wildman–Crippen LogP) is 3.59. The summed E-state index contributed by atoms with van der Waals surface area (Å²) in [4.78, 5) is 12.1. The van der Waals surface area contributed by atoms with Gasteiger partial charge in [-0.1, -0.05) is 48.0 Å². The first-order valence-electron chi connectivity index (χ1n) is 8.79. The SMILES string of the molecule is Cc1ccc(-n2c(C)cc(/C=N\NC(=O)[C@@H](O)c3ccccc3)c2C)cc1. The van der Waals surface area contributed by atoms with Crippen LogP contribution in [0, 0.1) is 20.8 Å². The molecule has 0 aliphatic heterocycles. The Morgan fingerprint density at radius 2 is 1.74 bits per heavy atom. The molecule has 3 rings (SSSR count). The van der Waals surface area contributed by atoms with Gasteiger partial charge in [0, 0.05) is 22.6 Å². The number of aromatic nitrogens is 1. The minimum Gasteiger partial charge on any atom is -0.378 e. The molecule has 3 aromatic rings. The fourth-order valence-corrected chi connectivity index (χ4v) is 3.02. The third kappa shape index (κ3) is 4.15. The number of benzene rings is 2. The fraction of sp³-hybridized carbons (Fsp3) is 0.182. The molecule has 0 aliphatic carbocycles. The van der Waals surface area contributed by atoms with Crippen molar-refractivity contribution in [1.29, 1.82) is 0 Å². The van der Waals surface area contributed by atoms with E-state index in [4.69, 9.17) is 0 Å². The molecule has 1 atom stereocenters. The smallest absolute Gasteiger partial charge is 0.273 e. The van der Waals surface area contributed by atoms with Crippen LogP contribution in [0.15, 0.2) is 65.8 Å². The Morgan fingerprint density at radius 3 is 2.41 bits per heavy atom. The Bertz CT molecular complexity index is 957. The van der Waals surface area contributed by atoms with Crippen molar-refractivity contribution in [2.75, 3.05) is 0 Å². The number of aliphatic hydroxyl groups excluding tert-OH is 1. The predicted molar refractivity (Wildman–Crippen MR) is 107 cm³/mol. The van der Waals surface area contributed by atoms with Crippen LogP contribution in [0.5, 0.6) is 0 Å². The summed E-state index contributed by atoms with van der Waals surface area (Å²) < 4.78 is 2.14. The van der Waals surface area contributed by atoms with Gasteiger partial charge < -0.3 is 9.67 Å². The number of aryl methyl sites for hydroxylation is 2. The van der Waals surface area contributed by atoms with Gasteiger partial charge >= 0.3 is 0 Å². The van der Waals surface area contributed by atoms with Gasteiger partial charge in [-0.2, -0.15) is 5.10 Å². The minimum atomic E-state index is -1.25. The van der Waals surface area contributed by atoms with Crippen molar-refractivity contribution >= 4 is 12.1 Å². The van der Waals surface area contributed by atoms with Crippen LogP contribution < -0.4 is 5.43 Å². The molecule has 0 bridgehead atoms. The number of hydrazone groups is 1. The molecule has 0 radical (unpaired) electrons. The summed E-state index contributed by atoms with van der Waals surface area (Å²) in [5.74, 6) is -0.565. The quantitative estimate of drug-likeness (QED) is 0.539. The molecule has 1 amide bonds. The molecule has 0 fully saturated rings. The summed E-state index contributed by atoms with van der Waals surface area (Å²) >= 11 is 0. The molecule has 0 saturated heterocycles. The Hall–Kier alpha value is -3.18. The molecule has 1 heterocycles. The largest absolute Gasteiger partial charge is 0.378 e. The summed E-state index contributed by atoms with van der Waals surface area (Å²) in [6, 6.07) is 19.1. The Kier molecular flexibility index (Phi) is 5.52. The lowest BCUT2D eigenvalue weighted by atomic mass is 10.1.